The lowest BCUT2D eigenvalue weighted by molar-refractivity contribution is -0.152. The molecule has 0 unspecified atom stereocenters. The van der Waals surface area contributed by atoms with Gasteiger partial charge < -0.3 is 20.7 Å². The van der Waals surface area contributed by atoms with Gasteiger partial charge in [-0.3, -0.25) is 9.59 Å². The maximum atomic E-state index is 12.2. The number of primary amides is 1. The molecule has 7 nitrogen and oxygen atoms in total. The van der Waals surface area contributed by atoms with E-state index in [0.717, 1.165) is 11.1 Å². The second-order valence-electron chi connectivity index (χ2n) is 6.71. The predicted octanol–water partition coefficient (Wildman–Crippen LogP) is 2.95. The first kappa shape index (κ1) is 22.2. The number of nitrogens with one attached hydrogen (secondary N) is 1. The molecule has 0 saturated heterocycles. The Morgan fingerprint density at radius 2 is 1.72 bits per heavy atom. The van der Waals surface area contributed by atoms with Gasteiger partial charge in [-0.25, -0.2) is 4.79 Å². The van der Waals surface area contributed by atoms with Gasteiger partial charge in [-0.1, -0.05) is 53.6 Å². The van der Waals surface area contributed by atoms with E-state index >= 15 is 0 Å². The molecule has 0 aromatic heterocycles. The number of urea groups is 1. The van der Waals surface area contributed by atoms with Crippen LogP contribution >= 0.6 is 11.6 Å². The quantitative estimate of drug-likeness (QED) is 0.644. The number of esters is 1. The van der Waals surface area contributed by atoms with Crippen LogP contribution < -0.4 is 11.1 Å². The smallest absolute Gasteiger partial charge is 0.312 e. The van der Waals surface area contributed by atoms with Crippen molar-refractivity contribution in [2.24, 2.45) is 5.73 Å². The Morgan fingerprint density at radius 3 is 2.31 bits per heavy atom. The Labute approximate surface area is 174 Å². The summed E-state index contributed by atoms with van der Waals surface area (Å²) in [4.78, 5) is 37.2. The highest BCUT2D eigenvalue weighted by Crippen LogP contribution is 2.20. The molecule has 2 aromatic rings. The monoisotopic (exact) mass is 417 g/mol. The molecule has 0 aliphatic carbocycles. The highest BCUT2D eigenvalue weighted by atomic mass is 35.5. The summed E-state index contributed by atoms with van der Waals surface area (Å²) in [5.41, 5.74) is 7.95. The lowest BCUT2D eigenvalue weighted by Crippen LogP contribution is -2.35. The van der Waals surface area contributed by atoms with Crippen LogP contribution in [0.3, 0.4) is 0 Å². The van der Waals surface area contributed by atoms with Crippen LogP contribution in [0.1, 0.15) is 29.2 Å². The van der Waals surface area contributed by atoms with E-state index in [1.807, 2.05) is 31.2 Å². The lowest BCUT2D eigenvalue weighted by atomic mass is 10.0. The van der Waals surface area contributed by atoms with E-state index in [4.69, 9.17) is 22.1 Å². The Bertz CT molecular complexity index is 853. The van der Waals surface area contributed by atoms with Crippen molar-refractivity contribution in [1.82, 2.24) is 10.2 Å². The molecule has 29 heavy (non-hydrogen) atoms. The molecule has 0 heterocycles. The van der Waals surface area contributed by atoms with Gasteiger partial charge in [0.25, 0.3) is 5.91 Å². The summed E-state index contributed by atoms with van der Waals surface area (Å²) in [6, 6.07) is 13.0. The maximum Gasteiger partial charge on any atom is 0.312 e. The predicted molar refractivity (Wildman–Crippen MR) is 110 cm³/mol. The molecule has 0 bridgehead atoms. The average molecular weight is 418 g/mol. The summed E-state index contributed by atoms with van der Waals surface area (Å²) in [6.45, 7) is 2.01. The third-order valence-corrected chi connectivity index (χ3v) is 4.53. The molecule has 0 saturated carbocycles. The number of nitrogens with zero attached hydrogens (tertiary/aromatic N) is 1. The van der Waals surface area contributed by atoms with Crippen LogP contribution in [0.15, 0.2) is 48.5 Å². The number of aryl methyl sites for hydroxylation is 1. The van der Waals surface area contributed by atoms with Crippen molar-refractivity contribution >= 4 is 29.5 Å². The summed E-state index contributed by atoms with van der Waals surface area (Å²) >= 11 is 5.86. The van der Waals surface area contributed by atoms with Gasteiger partial charge in [0.05, 0.1) is 12.5 Å². The van der Waals surface area contributed by atoms with Crippen molar-refractivity contribution in [3.8, 4) is 0 Å². The zero-order valence-electron chi connectivity index (χ0n) is 16.4. The van der Waals surface area contributed by atoms with Crippen molar-refractivity contribution in [3.05, 3.63) is 70.2 Å². The SMILES string of the molecule is Cc1ccc(CN(C)C(=O)COC(=O)C[C@H](NC(N)=O)c2ccc(Cl)cc2)cc1. The van der Waals surface area contributed by atoms with E-state index in [1.165, 1.54) is 4.90 Å². The highest BCUT2D eigenvalue weighted by molar-refractivity contribution is 6.30. The van der Waals surface area contributed by atoms with Gasteiger partial charge >= 0.3 is 12.0 Å². The number of nitrogens with two attached hydrogens (primary N) is 1. The standard InChI is InChI=1S/C21H24ClN3O4/c1-14-3-5-15(6-4-14)12-25(2)19(26)13-29-20(27)11-18(24-21(23)28)16-7-9-17(22)10-8-16/h3-10,18H,11-13H2,1-2H3,(H3,23,24,28)/t18-/m0/s1. The second-order valence-corrected chi connectivity index (χ2v) is 7.15. The van der Waals surface area contributed by atoms with Gasteiger partial charge in [0.15, 0.2) is 6.61 Å². The normalized spacial score (nSPS) is 11.4. The minimum Gasteiger partial charge on any atom is -0.455 e. The average Bonchev–Trinajstić information content (AvgIpc) is 2.67. The lowest BCUT2D eigenvalue weighted by Gasteiger charge is -2.19. The zero-order valence-corrected chi connectivity index (χ0v) is 17.1. The van der Waals surface area contributed by atoms with Crippen molar-refractivity contribution in [1.29, 1.82) is 0 Å². The van der Waals surface area contributed by atoms with E-state index in [2.05, 4.69) is 5.32 Å². The van der Waals surface area contributed by atoms with Gasteiger partial charge in [0.2, 0.25) is 0 Å². The summed E-state index contributed by atoms with van der Waals surface area (Å²) in [5.74, 6) is -0.958. The Kier molecular flexibility index (Phi) is 8.03. The minimum absolute atomic E-state index is 0.167. The molecule has 0 spiro atoms. The zero-order chi connectivity index (χ0) is 21.4. The number of ether oxygens (including phenoxy) is 1. The van der Waals surface area contributed by atoms with Crippen LogP contribution in [0, 0.1) is 6.92 Å². The molecule has 154 valence electrons. The molecule has 2 aromatic carbocycles. The van der Waals surface area contributed by atoms with Crippen LogP contribution in [0.4, 0.5) is 4.79 Å². The summed E-state index contributed by atoms with van der Waals surface area (Å²) in [7, 11) is 1.64. The van der Waals surface area contributed by atoms with E-state index in [0.29, 0.717) is 17.1 Å². The Balaban J connectivity index is 1.88. The fourth-order valence-corrected chi connectivity index (χ4v) is 2.78. The number of amides is 3. The molecule has 1 atom stereocenters. The molecular weight excluding hydrogens is 394 g/mol. The number of hydrogen-bond acceptors (Lipinski definition) is 4. The van der Waals surface area contributed by atoms with Gasteiger partial charge in [-0.05, 0) is 30.2 Å². The third kappa shape index (κ3) is 7.46. The molecule has 8 heteroatoms. The van der Waals surface area contributed by atoms with E-state index in [1.54, 1.807) is 31.3 Å². The van der Waals surface area contributed by atoms with E-state index in [-0.39, 0.29) is 18.9 Å². The van der Waals surface area contributed by atoms with Crippen LogP contribution in [-0.4, -0.2) is 36.5 Å². The number of likely N-dealkylation sites (N-methyl/N-ethyl adjacent to an activating group) is 1. The minimum atomic E-state index is -0.772. The van der Waals surface area contributed by atoms with Crippen LogP contribution in [0.2, 0.25) is 5.02 Å². The summed E-state index contributed by atoms with van der Waals surface area (Å²) < 4.78 is 5.09. The number of hydrogen-bond donors (Lipinski definition) is 2. The molecular formula is C21H24ClN3O4. The van der Waals surface area contributed by atoms with Crippen molar-refractivity contribution in [2.75, 3.05) is 13.7 Å². The number of carbonyl (C=O) groups excluding carboxylic acids is 3. The Morgan fingerprint density at radius 1 is 1.10 bits per heavy atom. The molecule has 0 fully saturated rings. The molecule has 0 radical (unpaired) electrons. The molecule has 0 aliphatic rings. The topological polar surface area (TPSA) is 102 Å². The van der Waals surface area contributed by atoms with Gasteiger partial charge in [-0.15, -0.1) is 0 Å². The third-order valence-electron chi connectivity index (χ3n) is 4.28. The van der Waals surface area contributed by atoms with Crippen LogP contribution in [-0.2, 0) is 20.9 Å². The van der Waals surface area contributed by atoms with Crippen molar-refractivity contribution < 1.29 is 19.1 Å². The van der Waals surface area contributed by atoms with Gasteiger partial charge in [0.1, 0.15) is 0 Å². The number of benzene rings is 2. The fraction of sp³-hybridized carbons (Fsp3) is 0.286. The molecule has 2 rings (SSSR count). The van der Waals surface area contributed by atoms with E-state index in [9.17, 15) is 14.4 Å². The summed E-state index contributed by atoms with van der Waals surface area (Å²) in [5, 5.41) is 3.02. The van der Waals surface area contributed by atoms with Crippen molar-refractivity contribution in [3.63, 3.8) is 0 Å². The van der Waals surface area contributed by atoms with Gasteiger partial charge in [-0.2, -0.15) is 0 Å². The van der Waals surface area contributed by atoms with Gasteiger partial charge in [0, 0.05) is 18.6 Å². The largest absolute Gasteiger partial charge is 0.455 e. The second kappa shape index (κ2) is 10.5. The Hall–Kier alpha value is -3.06. The fourth-order valence-electron chi connectivity index (χ4n) is 2.65. The number of halogens is 1. The number of carbonyl (C=O) groups is 3. The molecule has 3 N–H and O–H groups in total. The summed E-state index contributed by atoms with van der Waals surface area (Å²) in [6.07, 6.45) is -0.167. The molecule has 3 amide bonds. The van der Waals surface area contributed by atoms with Crippen molar-refractivity contribution in [2.45, 2.75) is 25.9 Å². The first-order valence-corrected chi connectivity index (χ1v) is 9.39. The molecule has 0 aliphatic heterocycles. The van der Waals surface area contributed by atoms with Crippen LogP contribution in [0.5, 0.6) is 0 Å². The van der Waals surface area contributed by atoms with Crippen LogP contribution in [0.25, 0.3) is 0 Å². The first-order valence-electron chi connectivity index (χ1n) is 9.01. The van der Waals surface area contributed by atoms with E-state index < -0.39 is 18.0 Å². The first-order chi connectivity index (χ1) is 13.7. The highest BCUT2D eigenvalue weighted by Gasteiger charge is 2.20. The number of rotatable bonds is 8. The maximum absolute atomic E-state index is 12.2.